The van der Waals surface area contributed by atoms with Crippen molar-refractivity contribution in [2.45, 2.75) is 13.5 Å². The topological polar surface area (TPSA) is 15.3 Å². The van der Waals surface area contributed by atoms with Crippen LogP contribution < -0.4 is 10.2 Å². The number of anilines is 2. The number of nitrogens with zero attached hydrogens (tertiary/aromatic N) is 1. The van der Waals surface area contributed by atoms with Crippen LogP contribution in [0.25, 0.3) is 0 Å². The molecule has 0 amide bonds. The van der Waals surface area contributed by atoms with Crippen molar-refractivity contribution >= 4 is 27.3 Å². The van der Waals surface area contributed by atoms with Gasteiger partial charge in [-0.25, -0.2) is 4.39 Å². The summed E-state index contributed by atoms with van der Waals surface area (Å²) in [5, 5.41) is 3.42. The lowest BCUT2D eigenvalue weighted by Gasteiger charge is -2.19. The van der Waals surface area contributed by atoms with Crippen LogP contribution in [0.1, 0.15) is 11.1 Å². The van der Waals surface area contributed by atoms with Crippen LogP contribution in [-0.4, -0.2) is 14.1 Å². The minimum absolute atomic E-state index is 0.192. The van der Waals surface area contributed by atoms with Crippen molar-refractivity contribution in [2.75, 3.05) is 24.3 Å². The van der Waals surface area contributed by atoms with E-state index < -0.39 is 0 Å². The highest BCUT2D eigenvalue weighted by molar-refractivity contribution is 9.10. The van der Waals surface area contributed by atoms with E-state index in [1.165, 1.54) is 6.07 Å². The molecular formula is C16H18BrFN2. The Balaban J connectivity index is 2.20. The third-order valence-electron chi connectivity index (χ3n) is 3.21. The van der Waals surface area contributed by atoms with Crippen LogP contribution >= 0.6 is 15.9 Å². The number of nitrogens with one attached hydrogen (secondary N) is 1. The quantitative estimate of drug-likeness (QED) is 0.879. The fourth-order valence-corrected chi connectivity index (χ4v) is 2.45. The molecule has 106 valence electrons. The van der Waals surface area contributed by atoms with Gasteiger partial charge < -0.3 is 10.2 Å². The largest absolute Gasteiger partial charge is 0.379 e. The van der Waals surface area contributed by atoms with Gasteiger partial charge >= 0.3 is 0 Å². The van der Waals surface area contributed by atoms with Gasteiger partial charge in [0.15, 0.2) is 0 Å². The molecule has 0 aromatic heterocycles. The molecule has 0 aliphatic carbocycles. The second kappa shape index (κ2) is 6.27. The van der Waals surface area contributed by atoms with Crippen molar-refractivity contribution in [3.05, 3.63) is 57.8 Å². The average molecular weight is 337 g/mol. The van der Waals surface area contributed by atoms with Crippen molar-refractivity contribution in [3.63, 3.8) is 0 Å². The van der Waals surface area contributed by atoms with Gasteiger partial charge in [0.1, 0.15) is 5.82 Å². The lowest BCUT2D eigenvalue weighted by Crippen LogP contribution is -2.12. The van der Waals surface area contributed by atoms with Crippen LogP contribution in [0.5, 0.6) is 0 Å². The van der Waals surface area contributed by atoms with E-state index >= 15 is 0 Å². The molecule has 0 atom stereocenters. The van der Waals surface area contributed by atoms with Crippen LogP contribution in [0.15, 0.2) is 40.9 Å². The van der Waals surface area contributed by atoms with Gasteiger partial charge in [0, 0.05) is 25.1 Å². The Kier molecular flexibility index (Phi) is 4.65. The molecule has 2 aromatic rings. The Morgan fingerprint density at radius 3 is 2.55 bits per heavy atom. The van der Waals surface area contributed by atoms with Crippen molar-refractivity contribution < 1.29 is 4.39 Å². The van der Waals surface area contributed by atoms with Crippen molar-refractivity contribution in [1.82, 2.24) is 0 Å². The summed E-state index contributed by atoms with van der Waals surface area (Å²) in [6.45, 7) is 2.59. The van der Waals surface area contributed by atoms with E-state index in [2.05, 4.69) is 32.2 Å². The maximum absolute atomic E-state index is 13.1. The molecule has 0 fully saturated rings. The minimum Gasteiger partial charge on any atom is -0.379 e. The standard InChI is InChI=1S/C16H18BrFN2/c1-11-8-14(18)6-4-12(11)10-19-15-9-13(17)5-7-16(15)20(2)3/h4-9,19H,10H2,1-3H3. The highest BCUT2D eigenvalue weighted by Crippen LogP contribution is 2.28. The Bertz CT molecular complexity index is 611. The number of halogens is 2. The Labute approximate surface area is 127 Å². The minimum atomic E-state index is -0.192. The molecule has 0 saturated carbocycles. The SMILES string of the molecule is Cc1cc(F)ccc1CNc1cc(Br)ccc1N(C)C. The van der Waals surface area contributed by atoms with Crippen LogP contribution in [0.4, 0.5) is 15.8 Å². The molecule has 2 nitrogen and oxygen atoms in total. The van der Waals surface area contributed by atoms with E-state index in [0.29, 0.717) is 6.54 Å². The zero-order valence-electron chi connectivity index (χ0n) is 11.9. The van der Waals surface area contributed by atoms with E-state index in [9.17, 15) is 4.39 Å². The van der Waals surface area contributed by atoms with Gasteiger partial charge in [0.05, 0.1) is 11.4 Å². The van der Waals surface area contributed by atoms with Gasteiger partial charge in [0.2, 0.25) is 0 Å². The van der Waals surface area contributed by atoms with Crippen LogP contribution in [0, 0.1) is 12.7 Å². The number of hydrogen-bond donors (Lipinski definition) is 1. The summed E-state index contributed by atoms with van der Waals surface area (Å²) >= 11 is 3.49. The number of aryl methyl sites for hydroxylation is 1. The van der Waals surface area contributed by atoms with Gasteiger partial charge in [-0.15, -0.1) is 0 Å². The molecule has 0 bridgehead atoms. The number of benzene rings is 2. The van der Waals surface area contributed by atoms with Gasteiger partial charge in [0.25, 0.3) is 0 Å². The molecule has 0 saturated heterocycles. The molecule has 0 unspecified atom stereocenters. The first-order valence-corrected chi connectivity index (χ1v) is 7.22. The Morgan fingerprint density at radius 2 is 1.90 bits per heavy atom. The molecule has 0 spiro atoms. The predicted molar refractivity (Wildman–Crippen MR) is 86.9 cm³/mol. The monoisotopic (exact) mass is 336 g/mol. The van der Waals surface area contributed by atoms with E-state index in [-0.39, 0.29) is 5.82 Å². The average Bonchev–Trinajstić information content (AvgIpc) is 2.37. The summed E-state index contributed by atoms with van der Waals surface area (Å²) in [4.78, 5) is 2.06. The van der Waals surface area contributed by atoms with Crippen LogP contribution in [0.2, 0.25) is 0 Å². The van der Waals surface area contributed by atoms with E-state index in [4.69, 9.17) is 0 Å². The molecular weight excluding hydrogens is 319 g/mol. The first-order chi connectivity index (χ1) is 9.47. The normalized spacial score (nSPS) is 10.4. The van der Waals surface area contributed by atoms with E-state index in [0.717, 1.165) is 27.0 Å². The third-order valence-corrected chi connectivity index (χ3v) is 3.71. The maximum atomic E-state index is 13.1. The number of rotatable bonds is 4. The maximum Gasteiger partial charge on any atom is 0.123 e. The molecule has 0 heterocycles. The zero-order valence-corrected chi connectivity index (χ0v) is 13.5. The summed E-state index contributed by atoms with van der Waals surface area (Å²) in [6.07, 6.45) is 0. The van der Waals surface area contributed by atoms with Crippen LogP contribution in [0.3, 0.4) is 0 Å². The Hall–Kier alpha value is -1.55. The smallest absolute Gasteiger partial charge is 0.123 e. The molecule has 1 N–H and O–H groups in total. The lowest BCUT2D eigenvalue weighted by atomic mass is 10.1. The molecule has 0 aliphatic rings. The Morgan fingerprint density at radius 1 is 1.15 bits per heavy atom. The molecule has 2 aromatic carbocycles. The molecule has 2 rings (SSSR count). The van der Waals surface area contributed by atoms with Gasteiger partial charge in [-0.1, -0.05) is 22.0 Å². The fraction of sp³-hybridized carbons (Fsp3) is 0.250. The van der Waals surface area contributed by atoms with E-state index in [1.807, 2.05) is 39.2 Å². The van der Waals surface area contributed by atoms with Gasteiger partial charge in [-0.05, 0) is 48.4 Å². The van der Waals surface area contributed by atoms with Gasteiger partial charge in [-0.3, -0.25) is 0 Å². The summed E-state index contributed by atoms with van der Waals surface area (Å²) in [7, 11) is 4.02. The summed E-state index contributed by atoms with van der Waals surface area (Å²) in [5.41, 5.74) is 4.22. The summed E-state index contributed by atoms with van der Waals surface area (Å²) in [5.74, 6) is -0.192. The number of hydrogen-bond acceptors (Lipinski definition) is 2. The zero-order chi connectivity index (χ0) is 14.7. The first-order valence-electron chi connectivity index (χ1n) is 6.43. The third kappa shape index (κ3) is 3.51. The summed E-state index contributed by atoms with van der Waals surface area (Å²) in [6, 6.07) is 11.0. The lowest BCUT2D eigenvalue weighted by molar-refractivity contribution is 0.625. The molecule has 0 aliphatic heterocycles. The fourth-order valence-electron chi connectivity index (χ4n) is 2.09. The van der Waals surface area contributed by atoms with Crippen molar-refractivity contribution in [3.8, 4) is 0 Å². The van der Waals surface area contributed by atoms with E-state index in [1.54, 1.807) is 6.07 Å². The first kappa shape index (κ1) is 14.9. The predicted octanol–water partition coefficient (Wildman–Crippen LogP) is 4.57. The van der Waals surface area contributed by atoms with Crippen LogP contribution in [-0.2, 0) is 6.54 Å². The highest BCUT2D eigenvalue weighted by Gasteiger charge is 2.06. The van der Waals surface area contributed by atoms with Gasteiger partial charge in [-0.2, -0.15) is 0 Å². The summed E-state index contributed by atoms with van der Waals surface area (Å²) < 4.78 is 14.1. The molecule has 0 radical (unpaired) electrons. The second-order valence-electron chi connectivity index (χ2n) is 4.98. The van der Waals surface area contributed by atoms with Crippen molar-refractivity contribution in [2.24, 2.45) is 0 Å². The van der Waals surface area contributed by atoms with Crippen molar-refractivity contribution in [1.29, 1.82) is 0 Å². The molecule has 20 heavy (non-hydrogen) atoms. The molecule has 4 heteroatoms. The second-order valence-corrected chi connectivity index (χ2v) is 5.90. The highest BCUT2D eigenvalue weighted by atomic mass is 79.9.